The van der Waals surface area contributed by atoms with E-state index in [9.17, 15) is 4.79 Å². The molecule has 2 aromatic carbocycles. The zero-order chi connectivity index (χ0) is 16.8. The number of benzene rings is 2. The highest BCUT2D eigenvalue weighted by atomic mass is 35.5. The van der Waals surface area contributed by atoms with Gasteiger partial charge < -0.3 is 15.8 Å². The van der Waals surface area contributed by atoms with E-state index < -0.39 is 6.10 Å². The number of carbonyl (C=O) groups is 1. The van der Waals surface area contributed by atoms with E-state index >= 15 is 0 Å². The molecule has 1 amide bonds. The minimum Gasteiger partial charge on any atom is -0.481 e. The number of carbonyl (C=O) groups excluding carboxylic acids is 1. The Morgan fingerprint density at radius 2 is 1.92 bits per heavy atom. The van der Waals surface area contributed by atoms with Crippen LogP contribution in [0.1, 0.15) is 24.1 Å². The van der Waals surface area contributed by atoms with Crippen LogP contribution in [0.15, 0.2) is 48.5 Å². The van der Waals surface area contributed by atoms with E-state index in [-0.39, 0.29) is 24.4 Å². The molecule has 4 nitrogen and oxygen atoms in total. The molecule has 0 fully saturated rings. The summed E-state index contributed by atoms with van der Waals surface area (Å²) >= 11 is 5.97. The van der Waals surface area contributed by atoms with Crippen LogP contribution in [-0.4, -0.2) is 18.6 Å². The summed E-state index contributed by atoms with van der Waals surface area (Å²) in [5.41, 5.74) is 7.95. The van der Waals surface area contributed by atoms with Gasteiger partial charge in [-0.15, -0.1) is 12.4 Å². The van der Waals surface area contributed by atoms with Gasteiger partial charge in [-0.3, -0.25) is 4.79 Å². The smallest absolute Gasteiger partial charge is 0.260 e. The fourth-order valence-electron chi connectivity index (χ4n) is 2.12. The quantitative estimate of drug-likeness (QED) is 0.817. The molecule has 2 atom stereocenters. The lowest BCUT2D eigenvalue weighted by molar-refractivity contribution is -0.127. The molecular formula is C18H22Cl2N2O2. The highest BCUT2D eigenvalue weighted by Gasteiger charge is 2.16. The molecule has 0 bridgehead atoms. The Labute approximate surface area is 153 Å². The summed E-state index contributed by atoms with van der Waals surface area (Å²) in [4.78, 5) is 12.1. The topological polar surface area (TPSA) is 64.3 Å². The van der Waals surface area contributed by atoms with Gasteiger partial charge in [0.1, 0.15) is 5.75 Å². The Bertz CT molecular complexity index is 665. The second-order valence-corrected chi connectivity index (χ2v) is 5.84. The third-order valence-electron chi connectivity index (χ3n) is 3.54. The molecule has 130 valence electrons. The maximum absolute atomic E-state index is 12.1. The zero-order valence-corrected chi connectivity index (χ0v) is 15.2. The van der Waals surface area contributed by atoms with Crippen molar-refractivity contribution in [1.82, 2.24) is 5.32 Å². The molecule has 0 aromatic heterocycles. The molecule has 0 aliphatic rings. The first-order valence-electron chi connectivity index (χ1n) is 7.48. The van der Waals surface area contributed by atoms with Gasteiger partial charge in [0.05, 0.1) is 0 Å². The van der Waals surface area contributed by atoms with Crippen molar-refractivity contribution in [2.75, 3.05) is 6.54 Å². The second kappa shape index (κ2) is 9.52. The molecule has 0 heterocycles. The van der Waals surface area contributed by atoms with Crippen molar-refractivity contribution in [1.29, 1.82) is 0 Å². The molecular weight excluding hydrogens is 347 g/mol. The molecule has 0 saturated heterocycles. The van der Waals surface area contributed by atoms with Crippen LogP contribution in [0.2, 0.25) is 5.02 Å². The number of halogens is 2. The molecule has 2 unspecified atom stereocenters. The van der Waals surface area contributed by atoms with Crippen molar-refractivity contribution in [2.45, 2.75) is 26.0 Å². The molecule has 24 heavy (non-hydrogen) atoms. The van der Waals surface area contributed by atoms with Gasteiger partial charge in [-0.2, -0.15) is 0 Å². The molecule has 0 saturated carbocycles. The van der Waals surface area contributed by atoms with Crippen molar-refractivity contribution in [3.05, 3.63) is 64.7 Å². The van der Waals surface area contributed by atoms with E-state index in [1.165, 1.54) is 0 Å². The summed E-state index contributed by atoms with van der Waals surface area (Å²) in [5, 5.41) is 3.48. The predicted molar refractivity (Wildman–Crippen MR) is 99.9 cm³/mol. The van der Waals surface area contributed by atoms with E-state index in [4.69, 9.17) is 22.1 Å². The largest absolute Gasteiger partial charge is 0.481 e. The number of aryl methyl sites for hydroxylation is 1. The lowest BCUT2D eigenvalue weighted by atomic mass is 10.1. The van der Waals surface area contributed by atoms with E-state index in [0.29, 0.717) is 17.3 Å². The number of nitrogens with one attached hydrogen (secondary N) is 1. The second-order valence-electron chi connectivity index (χ2n) is 5.43. The Morgan fingerprint density at radius 1 is 1.25 bits per heavy atom. The molecule has 6 heteroatoms. The van der Waals surface area contributed by atoms with Crippen LogP contribution in [0.5, 0.6) is 5.75 Å². The van der Waals surface area contributed by atoms with E-state index in [0.717, 1.165) is 11.1 Å². The summed E-state index contributed by atoms with van der Waals surface area (Å²) in [5.74, 6) is 0.408. The SMILES string of the molecule is Cc1cc(OC(C)C(=O)NCC(N)c2ccccc2)ccc1Cl.Cl. The first-order valence-corrected chi connectivity index (χ1v) is 7.86. The van der Waals surface area contributed by atoms with Crippen molar-refractivity contribution in [3.8, 4) is 5.75 Å². The van der Waals surface area contributed by atoms with Crippen LogP contribution in [0.3, 0.4) is 0 Å². The molecule has 2 rings (SSSR count). The van der Waals surface area contributed by atoms with Crippen molar-refractivity contribution in [2.24, 2.45) is 5.73 Å². The van der Waals surface area contributed by atoms with Crippen LogP contribution in [0.25, 0.3) is 0 Å². The van der Waals surface area contributed by atoms with E-state index in [1.807, 2.05) is 43.3 Å². The van der Waals surface area contributed by atoms with Gasteiger partial charge in [-0.05, 0) is 43.2 Å². The van der Waals surface area contributed by atoms with Crippen molar-refractivity contribution in [3.63, 3.8) is 0 Å². The fourth-order valence-corrected chi connectivity index (χ4v) is 2.24. The normalized spacial score (nSPS) is 12.7. The summed E-state index contributed by atoms with van der Waals surface area (Å²) < 4.78 is 5.64. The van der Waals surface area contributed by atoms with Gasteiger partial charge in [0.2, 0.25) is 0 Å². The minimum absolute atomic E-state index is 0. The number of amides is 1. The molecule has 2 aromatic rings. The third kappa shape index (κ3) is 5.71. The monoisotopic (exact) mass is 368 g/mol. The molecule has 0 aliphatic carbocycles. The van der Waals surface area contributed by atoms with Gasteiger partial charge in [-0.1, -0.05) is 41.9 Å². The highest BCUT2D eigenvalue weighted by Crippen LogP contribution is 2.21. The van der Waals surface area contributed by atoms with E-state index in [1.54, 1.807) is 19.1 Å². The van der Waals surface area contributed by atoms with Crippen molar-refractivity contribution >= 4 is 29.9 Å². The van der Waals surface area contributed by atoms with Crippen LogP contribution in [0, 0.1) is 6.92 Å². The lowest BCUT2D eigenvalue weighted by Crippen LogP contribution is -2.39. The minimum atomic E-state index is -0.612. The van der Waals surface area contributed by atoms with Crippen LogP contribution in [-0.2, 0) is 4.79 Å². The number of nitrogens with two attached hydrogens (primary N) is 1. The Hall–Kier alpha value is -1.75. The molecule has 3 N–H and O–H groups in total. The van der Waals surface area contributed by atoms with Gasteiger partial charge in [-0.25, -0.2) is 0 Å². The Kier molecular flexibility index (Phi) is 8.05. The van der Waals surface area contributed by atoms with Gasteiger partial charge in [0.25, 0.3) is 5.91 Å². The number of ether oxygens (including phenoxy) is 1. The summed E-state index contributed by atoms with van der Waals surface area (Å²) in [6.45, 7) is 3.95. The summed E-state index contributed by atoms with van der Waals surface area (Å²) in [6, 6.07) is 14.7. The first-order chi connectivity index (χ1) is 11.0. The maximum Gasteiger partial charge on any atom is 0.260 e. The van der Waals surface area contributed by atoms with E-state index in [2.05, 4.69) is 5.32 Å². The van der Waals surface area contributed by atoms with Crippen LogP contribution < -0.4 is 15.8 Å². The number of hydrogen-bond donors (Lipinski definition) is 2. The van der Waals surface area contributed by atoms with Gasteiger partial charge in [0.15, 0.2) is 6.10 Å². The molecule has 0 aliphatic heterocycles. The predicted octanol–water partition coefficient (Wildman–Crippen LogP) is 3.65. The molecule has 0 spiro atoms. The van der Waals surface area contributed by atoms with Crippen molar-refractivity contribution < 1.29 is 9.53 Å². The highest BCUT2D eigenvalue weighted by molar-refractivity contribution is 6.31. The molecule has 0 radical (unpaired) electrons. The number of rotatable bonds is 6. The Balaban J connectivity index is 0.00000288. The maximum atomic E-state index is 12.1. The summed E-state index contributed by atoms with van der Waals surface area (Å²) in [6.07, 6.45) is -0.612. The van der Waals surface area contributed by atoms with Gasteiger partial charge in [0, 0.05) is 17.6 Å². The fraction of sp³-hybridized carbons (Fsp3) is 0.278. The van der Waals surface area contributed by atoms with Crippen LogP contribution >= 0.6 is 24.0 Å². The summed E-state index contributed by atoms with van der Waals surface area (Å²) in [7, 11) is 0. The average Bonchev–Trinajstić information content (AvgIpc) is 2.56. The van der Waals surface area contributed by atoms with Crippen LogP contribution in [0.4, 0.5) is 0 Å². The number of hydrogen-bond acceptors (Lipinski definition) is 3. The zero-order valence-electron chi connectivity index (χ0n) is 13.7. The average molecular weight is 369 g/mol. The lowest BCUT2D eigenvalue weighted by Gasteiger charge is -2.17. The third-order valence-corrected chi connectivity index (χ3v) is 3.96. The van der Waals surface area contributed by atoms with Gasteiger partial charge >= 0.3 is 0 Å². The standard InChI is InChI=1S/C18H21ClN2O2.ClH/c1-12-10-15(8-9-16(12)19)23-13(2)18(22)21-11-17(20)14-6-4-3-5-7-14;/h3-10,13,17H,11,20H2,1-2H3,(H,21,22);1H. The Morgan fingerprint density at radius 3 is 2.54 bits per heavy atom. The first kappa shape index (κ1) is 20.3.